The first-order chi connectivity index (χ1) is 4.20. The number of oxazole rings is 1. The van der Waals surface area contributed by atoms with Gasteiger partial charge in [0.1, 0.15) is 0 Å². The van der Waals surface area contributed by atoms with E-state index in [9.17, 15) is 4.79 Å². The van der Waals surface area contributed by atoms with Crippen LogP contribution in [0.5, 0.6) is 0 Å². The number of amides is 1. The van der Waals surface area contributed by atoms with Crippen molar-refractivity contribution in [2.75, 3.05) is 0 Å². The van der Waals surface area contributed by atoms with Gasteiger partial charge in [-0.2, -0.15) is 0 Å². The van der Waals surface area contributed by atoms with Crippen LogP contribution in [0.2, 0.25) is 0 Å². The molecule has 0 atom stereocenters. The van der Waals surface area contributed by atoms with E-state index in [-0.39, 0.29) is 10.6 Å². The van der Waals surface area contributed by atoms with E-state index in [1.54, 1.807) is 0 Å². The molecule has 0 aliphatic rings. The van der Waals surface area contributed by atoms with Gasteiger partial charge in [0.25, 0.3) is 10.7 Å². The molecule has 0 fully saturated rings. The molecule has 9 heavy (non-hydrogen) atoms. The average Bonchev–Trinajstić information content (AvgIpc) is 2.14. The molecule has 1 rings (SSSR count). The third-order valence-electron chi connectivity index (χ3n) is 0.720. The normalized spacial score (nSPS) is 9.44. The Morgan fingerprint density at radius 1 is 1.89 bits per heavy atom. The maximum Gasteiger partial charge on any atom is 0.286 e. The van der Waals surface area contributed by atoms with Crippen LogP contribution in [-0.4, -0.2) is 10.9 Å². The van der Waals surface area contributed by atoms with Crippen LogP contribution in [0.25, 0.3) is 0 Å². The summed E-state index contributed by atoms with van der Waals surface area (Å²) in [6.07, 6.45) is 1.26. The van der Waals surface area contributed by atoms with Crippen LogP contribution < -0.4 is 5.73 Å². The first-order valence-electron chi connectivity index (χ1n) is 2.11. The van der Waals surface area contributed by atoms with Crippen LogP contribution in [0.4, 0.5) is 0 Å². The molecule has 5 heteroatoms. The summed E-state index contributed by atoms with van der Waals surface area (Å²) in [4.78, 5) is 14.1. The van der Waals surface area contributed by atoms with Crippen molar-refractivity contribution >= 4 is 21.8 Å². The summed E-state index contributed by atoms with van der Waals surface area (Å²) in [5.41, 5.74) is 4.83. The molecule has 0 saturated carbocycles. The average molecular weight is 191 g/mol. The second-order valence-electron chi connectivity index (χ2n) is 1.34. The molecule has 0 unspecified atom stereocenters. The fourth-order valence-corrected chi connectivity index (χ4v) is 0.643. The van der Waals surface area contributed by atoms with Gasteiger partial charge in [-0.3, -0.25) is 4.79 Å². The van der Waals surface area contributed by atoms with Crippen molar-refractivity contribution in [1.82, 2.24) is 4.98 Å². The Morgan fingerprint density at radius 3 is 2.78 bits per heavy atom. The molecule has 0 aliphatic heterocycles. The summed E-state index contributed by atoms with van der Waals surface area (Å²) >= 11 is 2.91. The molecule has 0 saturated heterocycles. The number of primary amides is 1. The Balaban J connectivity index is 2.98. The van der Waals surface area contributed by atoms with Crippen molar-refractivity contribution in [3.63, 3.8) is 0 Å². The van der Waals surface area contributed by atoms with E-state index in [0.29, 0.717) is 0 Å². The zero-order valence-corrected chi connectivity index (χ0v) is 5.88. The monoisotopic (exact) mass is 190 g/mol. The molecule has 0 spiro atoms. The first-order valence-corrected chi connectivity index (χ1v) is 2.90. The van der Waals surface area contributed by atoms with Crippen molar-refractivity contribution in [2.24, 2.45) is 5.73 Å². The Labute approximate surface area is 59.2 Å². The second kappa shape index (κ2) is 2.18. The quantitative estimate of drug-likeness (QED) is 0.703. The lowest BCUT2D eigenvalue weighted by Crippen LogP contribution is -2.09. The largest absolute Gasteiger partial charge is 0.426 e. The van der Waals surface area contributed by atoms with Crippen molar-refractivity contribution < 1.29 is 9.21 Å². The van der Waals surface area contributed by atoms with Crippen LogP contribution in [0.1, 0.15) is 10.6 Å². The number of nitrogens with zero attached hydrogens (tertiary/aromatic N) is 1. The summed E-state index contributed by atoms with van der Waals surface area (Å²) in [5.74, 6) is -0.560. The Morgan fingerprint density at radius 2 is 2.56 bits per heavy atom. The van der Waals surface area contributed by atoms with Gasteiger partial charge in [-0.15, -0.1) is 0 Å². The van der Waals surface area contributed by atoms with E-state index in [2.05, 4.69) is 25.3 Å². The van der Waals surface area contributed by atoms with Gasteiger partial charge < -0.3 is 10.2 Å². The molecule has 1 aromatic rings. The molecule has 0 bridgehead atoms. The van der Waals surface area contributed by atoms with Gasteiger partial charge in [0.15, 0.2) is 0 Å². The molecule has 0 aliphatic carbocycles. The van der Waals surface area contributed by atoms with Gasteiger partial charge in [-0.05, 0) is 0 Å². The van der Waals surface area contributed by atoms with E-state index in [0.717, 1.165) is 0 Å². The molecule has 0 aromatic carbocycles. The predicted octanol–water partition coefficient (Wildman–Crippen LogP) is 0.536. The number of rotatable bonds is 1. The summed E-state index contributed by atoms with van der Waals surface area (Å²) in [5, 5.41) is 0. The fourth-order valence-electron chi connectivity index (χ4n) is 0.367. The first kappa shape index (κ1) is 6.28. The highest BCUT2D eigenvalue weighted by Crippen LogP contribution is 2.08. The van der Waals surface area contributed by atoms with E-state index in [1.165, 1.54) is 6.20 Å². The van der Waals surface area contributed by atoms with Gasteiger partial charge >= 0.3 is 0 Å². The number of hydrogen-bond donors (Lipinski definition) is 1. The highest BCUT2D eigenvalue weighted by molar-refractivity contribution is 9.10. The lowest BCUT2D eigenvalue weighted by Gasteiger charge is -1.80. The van der Waals surface area contributed by atoms with Gasteiger partial charge in [0, 0.05) is 15.9 Å². The topological polar surface area (TPSA) is 69.1 Å². The Bertz CT molecular complexity index is 232. The SMILES string of the molecule is NC(=O)c1cnc(Br)o1. The second-order valence-corrected chi connectivity index (χ2v) is 2.02. The minimum absolute atomic E-state index is 0.0573. The van der Waals surface area contributed by atoms with Crippen molar-refractivity contribution in [3.05, 3.63) is 16.8 Å². The summed E-state index contributed by atoms with van der Waals surface area (Å²) in [6, 6.07) is 0. The standard InChI is InChI=1S/C4H3BrN2O2/c5-4-7-1-2(9-4)3(6)8/h1H,(H2,6,8). The van der Waals surface area contributed by atoms with Gasteiger partial charge in [0.05, 0.1) is 6.20 Å². The molecule has 48 valence electrons. The van der Waals surface area contributed by atoms with Gasteiger partial charge in [-0.25, -0.2) is 4.98 Å². The number of carbonyl (C=O) groups is 1. The minimum Gasteiger partial charge on any atom is -0.426 e. The molecule has 1 amide bonds. The van der Waals surface area contributed by atoms with Crippen molar-refractivity contribution in [1.29, 1.82) is 0 Å². The van der Waals surface area contributed by atoms with Gasteiger partial charge in [-0.1, -0.05) is 0 Å². The molecular formula is C4H3BrN2O2. The maximum absolute atomic E-state index is 10.3. The zero-order chi connectivity index (χ0) is 6.85. The van der Waals surface area contributed by atoms with E-state index in [4.69, 9.17) is 5.73 Å². The lowest BCUT2D eigenvalue weighted by atomic mass is 10.5. The van der Waals surface area contributed by atoms with Gasteiger partial charge in [0.2, 0.25) is 5.76 Å². The third kappa shape index (κ3) is 1.29. The van der Waals surface area contributed by atoms with E-state index < -0.39 is 5.91 Å². The van der Waals surface area contributed by atoms with Crippen LogP contribution in [0.15, 0.2) is 15.4 Å². The summed E-state index contributed by atoms with van der Waals surface area (Å²) in [6.45, 7) is 0. The highest BCUT2D eigenvalue weighted by atomic mass is 79.9. The van der Waals surface area contributed by atoms with E-state index in [1.807, 2.05) is 0 Å². The molecule has 2 N–H and O–H groups in total. The number of nitrogens with two attached hydrogens (primary N) is 1. The number of aromatic nitrogens is 1. The fraction of sp³-hybridized carbons (Fsp3) is 0. The number of carbonyl (C=O) groups excluding carboxylic acids is 1. The number of halogens is 1. The van der Waals surface area contributed by atoms with Crippen molar-refractivity contribution in [3.8, 4) is 0 Å². The van der Waals surface area contributed by atoms with Crippen LogP contribution in [-0.2, 0) is 0 Å². The van der Waals surface area contributed by atoms with Crippen LogP contribution in [0.3, 0.4) is 0 Å². The third-order valence-corrected chi connectivity index (χ3v) is 1.09. The summed E-state index contributed by atoms with van der Waals surface area (Å²) in [7, 11) is 0. The van der Waals surface area contributed by atoms with Crippen LogP contribution >= 0.6 is 15.9 Å². The molecule has 1 heterocycles. The summed E-state index contributed by atoms with van der Waals surface area (Å²) < 4.78 is 4.68. The molecular weight excluding hydrogens is 188 g/mol. The lowest BCUT2D eigenvalue weighted by molar-refractivity contribution is 0.0972. The Hall–Kier alpha value is -0.840. The van der Waals surface area contributed by atoms with Crippen LogP contribution in [0, 0.1) is 0 Å². The Kier molecular flexibility index (Phi) is 1.52. The van der Waals surface area contributed by atoms with Crippen molar-refractivity contribution in [2.45, 2.75) is 0 Å². The minimum atomic E-state index is -0.617. The maximum atomic E-state index is 10.3. The predicted molar refractivity (Wildman–Crippen MR) is 32.7 cm³/mol. The highest BCUT2D eigenvalue weighted by Gasteiger charge is 2.04. The molecule has 1 aromatic heterocycles. The molecule has 4 nitrogen and oxygen atoms in total. The van der Waals surface area contributed by atoms with E-state index >= 15 is 0 Å². The zero-order valence-electron chi connectivity index (χ0n) is 4.30. The number of hydrogen-bond acceptors (Lipinski definition) is 3. The molecule has 0 radical (unpaired) electrons. The smallest absolute Gasteiger partial charge is 0.286 e.